The standard InChI is InChI=1S/C77H116O6/c1-4-7-10-13-16-19-22-25-28-30-31-32-33-34-35-36-37-38-39-40-41-42-43-44-45-47-49-52-55-58-61-64-67-70-76(79)82-73-74(72-81-75(78)69-66-63-60-57-54-51-48-27-24-21-18-15-12-9-6-3)83-77(80)71-68-65-62-59-56-53-50-46-29-26-23-20-17-14-11-8-5-2/h7,9-10,12,16-21,25-29,31-32,34-35,37-38,40-41,43-44,47-49,54-55,57-58,63,66,74H,4-6,8,11,13-15,22-24,30,33,36,39,42,45-46,50-53,56,59-62,64-65,67-73H2,1-3H3/b10-7-,12-9-,19-16-,20-17-,21-18-,28-25-,29-26-,32-31-,35-34-,38-37-,41-40-,44-43-,48-27-,49-47-,57-54-,58-55-,66-63-. The lowest BCUT2D eigenvalue weighted by Gasteiger charge is -2.18. The van der Waals surface area contributed by atoms with Crippen molar-refractivity contribution in [3.8, 4) is 0 Å². The van der Waals surface area contributed by atoms with Gasteiger partial charge < -0.3 is 14.2 Å². The second-order valence-electron chi connectivity index (χ2n) is 20.6. The van der Waals surface area contributed by atoms with E-state index in [1.165, 1.54) is 44.9 Å². The highest BCUT2D eigenvalue weighted by molar-refractivity contribution is 5.72. The van der Waals surface area contributed by atoms with E-state index in [2.05, 4.69) is 215 Å². The largest absolute Gasteiger partial charge is 0.462 e. The van der Waals surface area contributed by atoms with Crippen LogP contribution in [0.4, 0.5) is 0 Å². The lowest BCUT2D eigenvalue weighted by molar-refractivity contribution is -0.166. The Kier molecular flexibility index (Phi) is 63.5. The summed E-state index contributed by atoms with van der Waals surface area (Å²) >= 11 is 0. The number of rotatable bonds is 56. The van der Waals surface area contributed by atoms with Crippen LogP contribution in [0, 0.1) is 0 Å². The van der Waals surface area contributed by atoms with E-state index < -0.39 is 12.1 Å². The van der Waals surface area contributed by atoms with Crippen LogP contribution >= 0.6 is 0 Å². The van der Waals surface area contributed by atoms with Gasteiger partial charge in [-0.15, -0.1) is 0 Å². The third kappa shape index (κ3) is 66.7. The van der Waals surface area contributed by atoms with E-state index in [1.807, 2.05) is 6.08 Å². The fourth-order valence-corrected chi connectivity index (χ4v) is 7.98. The van der Waals surface area contributed by atoms with Crippen LogP contribution in [0.5, 0.6) is 0 Å². The number of carbonyl (C=O) groups excluding carboxylic acids is 3. The minimum Gasteiger partial charge on any atom is -0.462 e. The highest BCUT2D eigenvalue weighted by atomic mass is 16.6. The topological polar surface area (TPSA) is 78.9 Å². The predicted molar refractivity (Wildman–Crippen MR) is 361 cm³/mol. The Labute approximate surface area is 509 Å². The van der Waals surface area contributed by atoms with Crippen molar-refractivity contribution in [2.75, 3.05) is 13.2 Å². The average Bonchev–Trinajstić information content (AvgIpc) is 3.49. The fraction of sp³-hybridized carbons (Fsp3) is 0.519. The summed E-state index contributed by atoms with van der Waals surface area (Å²) in [6.07, 6.45) is 106. The second-order valence-corrected chi connectivity index (χ2v) is 20.6. The zero-order chi connectivity index (χ0) is 59.9. The first-order chi connectivity index (χ1) is 41.0. The Hall–Kier alpha value is -6.01. The molecule has 0 saturated carbocycles. The lowest BCUT2D eigenvalue weighted by atomic mass is 10.1. The molecule has 0 bridgehead atoms. The summed E-state index contributed by atoms with van der Waals surface area (Å²) in [5.41, 5.74) is 0. The van der Waals surface area contributed by atoms with E-state index in [1.54, 1.807) is 6.08 Å². The Morgan fingerprint density at radius 1 is 0.265 bits per heavy atom. The zero-order valence-corrected chi connectivity index (χ0v) is 52.6. The Balaban J connectivity index is 4.51. The first kappa shape index (κ1) is 77.0. The van der Waals surface area contributed by atoms with E-state index in [-0.39, 0.29) is 44.4 Å². The van der Waals surface area contributed by atoms with Crippen molar-refractivity contribution in [2.45, 2.75) is 245 Å². The molecule has 460 valence electrons. The van der Waals surface area contributed by atoms with Crippen LogP contribution in [-0.2, 0) is 28.6 Å². The van der Waals surface area contributed by atoms with Crippen molar-refractivity contribution >= 4 is 17.9 Å². The molecule has 0 amide bonds. The minimum atomic E-state index is -0.854. The molecule has 0 aliphatic heterocycles. The van der Waals surface area contributed by atoms with Gasteiger partial charge in [-0.25, -0.2) is 0 Å². The van der Waals surface area contributed by atoms with Crippen molar-refractivity contribution < 1.29 is 28.6 Å². The zero-order valence-electron chi connectivity index (χ0n) is 52.6. The maximum absolute atomic E-state index is 12.9. The summed E-state index contributed by atoms with van der Waals surface area (Å²) < 4.78 is 16.8. The van der Waals surface area contributed by atoms with Crippen molar-refractivity contribution in [2.24, 2.45) is 0 Å². The smallest absolute Gasteiger partial charge is 0.309 e. The molecule has 6 nitrogen and oxygen atoms in total. The molecule has 0 N–H and O–H groups in total. The van der Waals surface area contributed by atoms with Gasteiger partial charge in [0.1, 0.15) is 13.2 Å². The van der Waals surface area contributed by atoms with Gasteiger partial charge in [0.2, 0.25) is 0 Å². The molecule has 0 rings (SSSR count). The first-order valence-electron chi connectivity index (χ1n) is 32.6. The SMILES string of the molecule is CC/C=C\C/C=C\C/C=C\C/C=C\C/C=C\C/C=C\C/C=C\C/C=C\C/C=C\C/C=C\CCCCC(=O)OCC(COC(=O)C/C=C\C/C=C\C/C=C\C/C=C\C/C=C\CC)OC(=O)CCCCCCCCC/C=C\C/C=C\CCCCC. The van der Waals surface area contributed by atoms with Gasteiger partial charge in [-0.3, -0.25) is 14.4 Å². The number of unbranched alkanes of at least 4 members (excludes halogenated alkanes) is 12. The van der Waals surface area contributed by atoms with Gasteiger partial charge in [0.05, 0.1) is 6.42 Å². The van der Waals surface area contributed by atoms with Gasteiger partial charge in [0, 0.05) is 12.8 Å². The van der Waals surface area contributed by atoms with Gasteiger partial charge in [0.25, 0.3) is 0 Å². The van der Waals surface area contributed by atoms with Gasteiger partial charge >= 0.3 is 17.9 Å². The normalized spacial score (nSPS) is 13.5. The quantitative estimate of drug-likeness (QED) is 0.0261. The maximum atomic E-state index is 12.9. The molecule has 0 saturated heterocycles. The molecule has 0 aliphatic carbocycles. The molecular weight excluding hydrogens is 1020 g/mol. The number of carbonyl (C=O) groups is 3. The molecule has 0 aliphatic rings. The van der Waals surface area contributed by atoms with Gasteiger partial charge in [-0.05, 0) is 154 Å². The second kappa shape index (κ2) is 68.5. The van der Waals surface area contributed by atoms with Crippen LogP contribution in [0.15, 0.2) is 207 Å². The first-order valence-corrected chi connectivity index (χ1v) is 32.6. The van der Waals surface area contributed by atoms with Crippen LogP contribution in [0.1, 0.15) is 239 Å². The fourth-order valence-electron chi connectivity index (χ4n) is 7.98. The summed E-state index contributed by atoms with van der Waals surface area (Å²) in [5.74, 6) is -1.14. The van der Waals surface area contributed by atoms with Crippen LogP contribution in [0.3, 0.4) is 0 Å². The van der Waals surface area contributed by atoms with Crippen LogP contribution < -0.4 is 0 Å². The maximum Gasteiger partial charge on any atom is 0.309 e. The molecule has 0 spiro atoms. The molecule has 0 aromatic heterocycles. The third-order valence-corrected chi connectivity index (χ3v) is 12.8. The number of ether oxygens (including phenoxy) is 3. The summed E-state index contributed by atoms with van der Waals surface area (Å²) in [5, 5.41) is 0. The van der Waals surface area contributed by atoms with Gasteiger partial charge in [-0.2, -0.15) is 0 Å². The van der Waals surface area contributed by atoms with Gasteiger partial charge in [-0.1, -0.05) is 272 Å². The van der Waals surface area contributed by atoms with Crippen molar-refractivity contribution in [1.82, 2.24) is 0 Å². The summed E-state index contributed by atoms with van der Waals surface area (Å²) in [6, 6.07) is 0. The summed E-state index contributed by atoms with van der Waals surface area (Å²) in [6.45, 7) is 6.24. The molecule has 0 fully saturated rings. The van der Waals surface area contributed by atoms with Crippen molar-refractivity contribution in [3.05, 3.63) is 207 Å². The molecule has 6 heteroatoms. The van der Waals surface area contributed by atoms with E-state index in [0.29, 0.717) is 6.42 Å². The number of allylic oxidation sites excluding steroid dienone is 33. The Bertz CT molecular complexity index is 2030. The van der Waals surface area contributed by atoms with E-state index in [4.69, 9.17) is 14.2 Å². The van der Waals surface area contributed by atoms with Gasteiger partial charge in [0.15, 0.2) is 6.10 Å². The van der Waals surface area contributed by atoms with Crippen molar-refractivity contribution in [3.63, 3.8) is 0 Å². The molecule has 0 heterocycles. The van der Waals surface area contributed by atoms with Crippen LogP contribution in [-0.4, -0.2) is 37.2 Å². The number of hydrogen-bond acceptors (Lipinski definition) is 6. The predicted octanol–water partition coefficient (Wildman–Crippen LogP) is 22.8. The monoisotopic (exact) mass is 1140 g/mol. The Morgan fingerprint density at radius 3 is 0.867 bits per heavy atom. The molecule has 1 atom stereocenters. The van der Waals surface area contributed by atoms with Crippen LogP contribution in [0.2, 0.25) is 0 Å². The summed E-state index contributed by atoms with van der Waals surface area (Å²) in [7, 11) is 0. The molecular formula is C77H116O6. The number of esters is 3. The molecule has 0 radical (unpaired) electrons. The molecule has 0 aromatic carbocycles. The van der Waals surface area contributed by atoms with Crippen molar-refractivity contribution in [1.29, 1.82) is 0 Å². The van der Waals surface area contributed by atoms with E-state index in [0.717, 1.165) is 148 Å². The van der Waals surface area contributed by atoms with Crippen LogP contribution in [0.25, 0.3) is 0 Å². The lowest BCUT2D eigenvalue weighted by Crippen LogP contribution is -2.30. The van der Waals surface area contributed by atoms with E-state index >= 15 is 0 Å². The summed E-state index contributed by atoms with van der Waals surface area (Å²) in [4.78, 5) is 38.2. The highest BCUT2D eigenvalue weighted by Gasteiger charge is 2.19. The van der Waals surface area contributed by atoms with E-state index in [9.17, 15) is 14.4 Å². The highest BCUT2D eigenvalue weighted by Crippen LogP contribution is 2.13. The molecule has 0 aromatic rings. The molecule has 1 unspecified atom stereocenters. The average molecular weight is 1140 g/mol. The third-order valence-electron chi connectivity index (χ3n) is 12.8. The molecule has 83 heavy (non-hydrogen) atoms. The minimum absolute atomic E-state index is 0.106. The number of hydrogen-bond donors (Lipinski definition) is 0. The Morgan fingerprint density at radius 2 is 0.518 bits per heavy atom.